The van der Waals surface area contributed by atoms with E-state index in [9.17, 15) is 14.5 Å². The Hall–Kier alpha value is -1.69. The smallest absolute Gasteiger partial charge is 0.275 e. The number of hydrogen-bond acceptors (Lipinski definition) is 4. The van der Waals surface area contributed by atoms with Crippen LogP contribution in [-0.2, 0) is 0 Å². The lowest BCUT2D eigenvalue weighted by atomic mass is 9.89. The number of aryl methyl sites for hydroxylation is 1. The highest BCUT2D eigenvalue weighted by Gasteiger charge is 2.31. The molecule has 5 nitrogen and oxygen atoms in total. The van der Waals surface area contributed by atoms with E-state index in [-0.39, 0.29) is 17.5 Å². The average Bonchev–Trinajstić information content (AvgIpc) is 2.30. The molecular formula is C13H17FN2O3. The fraction of sp³-hybridized carbons (Fsp3) is 0.538. The van der Waals surface area contributed by atoms with Gasteiger partial charge in [-0.15, -0.1) is 0 Å². The topological polar surface area (TPSA) is 64.4 Å². The Morgan fingerprint density at radius 1 is 1.53 bits per heavy atom. The Morgan fingerprint density at radius 2 is 2.21 bits per heavy atom. The van der Waals surface area contributed by atoms with Gasteiger partial charge in [0.2, 0.25) is 0 Å². The second-order valence-corrected chi connectivity index (χ2v) is 4.79. The number of halogens is 1. The zero-order chi connectivity index (χ0) is 14.0. The summed E-state index contributed by atoms with van der Waals surface area (Å²) >= 11 is 0. The molecule has 1 aromatic rings. The first kappa shape index (κ1) is 13.7. The van der Waals surface area contributed by atoms with E-state index in [1.165, 1.54) is 6.07 Å². The highest BCUT2D eigenvalue weighted by Crippen LogP contribution is 2.31. The van der Waals surface area contributed by atoms with Crippen LogP contribution in [0.15, 0.2) is 12.1 Å². The maximum Gasteiger partial charge on any atom is 0.275 e. The number of rotatable bonds is 5. The molecule has 0 radical (unpaired) electrons. The van der Waals surface area contributed by atoms with E-state index in [1.807, 2.05) is 6.92 Å². The van der Waals surface area contributed by atoms with Crippen LogP contribution in [0, 0.1) is 22.9 Å². The Morgan fingerprint density at radius 3 is 2.79 bits per heavy atom. The van der Waals surface area contributed by atoms with Crippen molar-refractivity contribution in [3.05, 3.63) is 33.6 Å². The summed E-state index contributed by atoms with van der Waals surface area (Å²) in [6.07, 6.45) is 1.66. The number of nitrogens with zero attached hydrogens (tertiary/aromatic N) is 1. The zero-order valence-corrected chi connectivity index (χ0v) is 11.0. The Balaban J connectivity index is 2.02. The minimum Gasteiger partial charge on any atom is -0.487 e. The van der Waals surface area contributed by atoms with Gasteiger partial charge in [0, 0.05) is 11.6 Å². The van der Waals surface area contributed by atoms with Gasteiger partial charge in [0.05, 0.1) is 11.0 Å². The van der Waals surface area contributed by atoms with Crippen molar-refractivity contribution in [2.24, 2.45) is 0 Å². The molecule has 0 saturated heterocycles. The molecule has 1 aliphatic rings. The molecule has 19 heavy (non-hydrogen) atoms. The molecule has 0 bridgehead atoms. The summed E-state index contributed by atoms with van der Waals surface area (Å²) in [6, 6.07) is 2.75. The highest BCUT2D eigenvalue weighted by molar-refractivity contribution is 5.45. The van der Waals surface area contributed by atoms with E-state index >= 15 is 0 Å². The maximum absolute atomic E-state index is 13.7. The van der Waals surface area contributed by atoms with Gasteiger partial charge < -0.3 is 10.1 Å². The third kappa shape index (κ3) is 3.01. The van der Waals surface area contributed by atoms with Gasteiger partial charge in [0.25, 0.3) is 5.69 Å². The van der Waals surface area contributed by atoms with Gasteiger partial charge in [0.15, 0.2) is 11.6 Å². The van der Waals surface area contributed by atoms with E-state index in [0.29, 0.717) is 11.6 Å². The fourth-order valence-corrected chi connectivity index (χ4v) is 2.23. The largest absolute Gasteiger partial charge is 0.487 e. The van der Waals surface area contributed by atoms with Crippen LogP contribution in [0.2, 0.25) is 0 Å². The van der Waals surface area contributed by atoms with Crippen molar-refractivity contribution in [3.8, 4) is 5.75 Å². The van der Waals surface area contributed by atoms with Gasteiger partial charge in [-0.25, -0.2) is 4.39 Å². The molecule has 0 aliphatic heterocycles. The lowest BCUT2D eigenvalue weighted by Crippen LogP contribution is -2.46. The predicted molar refractivity (Wildman–Crippen MR) is 68.9 cm³/mol. The van der Waals surface area contributed by atoms with Crippen LogP contribution in [-0.4, -0.2) is 23.6 Å². The number of nitro benzene ring substituents is 1. The quantitative estimate of drug-likeness (QED) is 0.658. The molecule has 1 fully saturated rings. The van der Waals surface area contributed by atoms with Crippen LogP contribution >= 0.6 is 0 Å². The van der Waals surface area contributed by atoms with Gasteiger partial charge in [-0.1, -0.05) is 6.92 Å². The monoisotopic (exact) mass is 268 g/mol. The molecule has 0 heterocycles. The van der Waals surface area contributed by atoms with E-state index in [0.717, 1.165) is 25.5 Å². The van der Waals surface area contributed by atoms with Crippen molar-refractivity contribution in [1.29, 1.82) is 0 Å². The average molecular weight is 268 g/mol. The second kappa shape index (κ2) is 5.52. The summed E-state index contributed by atoms with van der Waals surface area (Å²) in [5.74, 6) is -0.577. The molecule has 0 unspecified atom stereocenters. The van der Waals surface area contributed by atoms with Crippen molar-refractivity contribution < 1.29 is 14.1 Å². The molecule has 1 saturated carbocycles. The second-order valence-electron chi connectivity index (χ2n) is 4.79. The molecule has 2 rings (SSSR count). The summed E-state index contributed by atoms with van der Waals surface area (Å²) < 4.78 is 19.2. The molecule has 1 aromatic carbocycles. The molecule has 0 atom stereocenters. The van der Waals surface area contributed by atoms with Gasteiger partial charge in [-0.3, -0.25) is 10.1 Å². The first-order chi connectivity index (χ1) is 9.01. The van der Waals surface area contributed by atoms with Crippen LogP contribution in [0.4, 0.5) is 10.1 Å². The standard InChI is InChI=1S/C13H17FN2O3/c1-3-15-9-5-10(6-9)19-13-4-8(2)12(16(17)18)7-11(13)14/h4,7,9-10,15H,3,5-6H2,1-2H3. The van der Waals surface area contributed by atoms with Gasteiger partial charge >= 0.3 is 0 Å². The van der Waals surface area contributed by atoms with E-state index in [2.05, 4.69) is 5.32 Å². The summed E-state index contributed by atoms with van der Waals surface area (Å²) in [7, 11) is 0. The van der Waals surface area contributed by atoms with Crippen molar-refractivity contribution in [1.82, 2.24) is 5.32 Å². The molecule has 104 valence electrons. The van der Waals surface area contributed by atoms with E-state index in [4.69, 9.17) is 4.74 Å². The molecule has 0 spiro atoms. The molecule has 1 N–H and O–H groups in total. The lowest BCUT2D eigenvalue weighted by Gasteiger charge is -2.35. The van der Waals surface area contributed by atoms with Crippen molar-refractivity contribution in [2.45, 2.75) is 38.8 Å². The van der Waals surface area contributed by atoms with Crippen molar-refractivity contribution in [2.75, 3.05) is 6.54 Å². The van der Waals surface area contributed by atoms with Gasteiger partial charge in [-0.2, -0.15) is 0 Å². The summed E-state index contributed by atoms with van der Waals surface area (Å²) in [5, 5.41) is 14.0. The summed E-state index contributed by atoms with van der Waals surface area (Å²) in [5.41, 5.74) is 0.188. The highest BCUT2D eigenvalue weighted by atomic mass is 19.1. The predicted octanol–water partition coefficient (Wildman–Crippen LogP) is 2.56. The van der Waals surface area contributed by atoms with Crippen LogP contribution in [0.5, 0.6) is 5.75 Å². The number of nitro groups is 1. The summed E-state index contributed by atoms with van der Waals surface area (Å²) in [6.45, 7) is 4.52. The first-order valence-electron chi connectivity index (χ1n) is 6.35. The molecule has 6 heteroatoms. The molecular weight excluding hydrogens is 251 g/mol. The van der Waals surface area contributed by atoms with Crippen molar-refractivity contribution in [3.63, 3.8) is 0 Å². The third-order valence-corrected chi connectivity index (χ3v) is 3.33. The maximum atomic E-state index is 13.7. The van der Waals surface area contributed by atoms with E-state index in [1.54, 1.807) is 6.92 Å². The SMILES string of the molecule is CCNC1CC(Oc2cc(C)c([N+](=O)[O-])cc2F)C1. The van der Waals surface area contributed by atoms with Crippen LogP contribution in [0.3, 0.4) is 0 Å². The van der Waals surface area contributed by atoms with E-state index < -0.39 is 10.7 Å². The van der Waals surface area contributed by atoms with Crippen LogP contribution in [0.1, 0.15) is 25.3 Å². The molecule has 1 aliphatic carbocycles. The number of benzene rings is 1. The fourth-order valence-electron chi connectivity index (χ4n) is 2.23. The van der Waals surface area contributed by atoms with Crippen molar-refractivity contribution >= 4 is 5.69 Å². The van der Waals surface area contributed by atoms with Crippen LogP contribution in [0.25, 0.3) is 0 Å². The lowest BCUT2D eigenvalue weighted by molar-refractivity contribution is -0.385. The number of ether oxygens (including phenoxy) is 1. The third-order valence-electron chi connectivity index (χ3n) is 3.33. The Labute approximate surface area is 110 Å². The first-order valence-corrected chi connectivity index (χ1v) is 6.35. The zero-order valence-electron chi connectivity index (χ0n) is 11.0. The summed E-state index contributed by atoms with van der Waals surface area (Å²) in [4.78, 5) is 10.1. The van der Waals surface area contributed by atoms with Gasteiger partial charge in [-0.05, 0) is 32.4 Å². The van der Waals surface area contributed by atoms with Gasteiger partial charge in [0.1, 0.15) is 6.10 Å². The minimum atomic E-state index is -0.677. The number of nitrogens with one attached hydrogen (secondary N) is 1. The molecule has 0 amide bonds. The normalized spacial score (nSPS) is 21.8. The minimum absolute atomic E-state index is 0.0144. The Bertz CT molecular complexity index is 487. The van der Waals surface area contributed by atoms with Crippen LogP contribution < -0.4 is 10.1 Å². The molecule has 0 aromatic heterocycles. The Kier molecular flexibility index (Phi) is 3.99. The number of hydrogen-bond donors (Lipinski definition) is 1.